The summed E-state index contributed by atoms with van der Waals surface area (Å²) in [6, 6.07) is 35.7. The Balaban J connectivity index is 1.50. The molecule has 0 bridgehead atoms. The van der Waals surface area contributed by atoms with Crippen molar-refractivity contribution in [2.75, 3.05) is 0 Å². The molecule has 160 valence electrons. The number of allylic oxidation sites excluding steroid dienone is 2. The van der Waals surface area contributed by atoms with Gasteiger partial charge in [0, 0.05) is 0 Å². The monoisotopic (exact) mass is 518 g/mol. The molecule has 6 aromatic carbocycles. The number of hydrogen-bond acceptors (Lipinski definition) is 0. The molecule has 0 radical (unpaired) electrons. The molecule has 8 rings (SSSR count). The van der Waals surface area contributed by atoms with Crippen LogP contribution in [0.5, 0.6) is 0 Å². The van der Waals surface area contributed by atoms with Crippen molar-refractivity contribution in [1.29, 1.82) is 0 Å². The van der Waals surface area contributed by atoms with Gasteiger partial charge in [-0.1, -0.05) is 0 Å². The van der Waals surface area contributed by atoms with Crippen LogP contribution in [0.4, 0.5) is 0 Å². The molecule has 6 aromatic rings. The van der Waals surface area contributed by atoms with Crippen molar-refractivity contribution in [2.24, 2.45) is 0 Å². The first-order chi connectivity index (χ1) is 17.4. The van der Waals surface area contributed by atoms with Gasteiger partial charge in [-0.15, -0.1) is 0 Å². The van der Waals surface area contributed by atoms with Gasteiger partial charge in [0.25, 0.3) is 0 Å². The molecule has 0 saturated heterocycles. The summed E-state index contributed by atoms with van der Waals surface area (Å²) in [5.41, 5.74) is 5.76. The van der Waals surface area contributed by atoms with Crippen LogP contribution in [-0.2, 0) is 22.3 Å². The molecule has 0 unspecified atom stereocenters. The molecule has 0 spiro atoms. The van der Waals surface area contributed by atoms with Crippen molar-refractivity contribution in [3.63, 3.8) is 0 Å². The van der Waals surface area contributed by atoms with E-state index in [1.807, 2.05) is 0 Å². The topological polar surface area (TPSA) is 0 Å². The second-order valence-corrected chi connectivity index (χ2v) is 12.6. The molecular weight excluding hydrogens is 500 g/mol. The molecule has 0 aliphatic heterocycles. The van der Waals surface area contributed by atoms with E-state index in [4.69, 9.17) is 0 Å². The van der Waals surface area contributed by atoms with Crippen LogP contribution < -0.4 is 0 Å². The molecule has 0 heterocycles. The first-order valence-corrected chi connectivity index (χ1v) is 14.6. The average Bonchev–Trinajstić information content (AvgIpc) is 3.55. The van der Waals surface area contributed by atoms with Crippen molar-refractivity contribution >= 4 is 61.7 Å². The zero-order valence-corrected chi connectivity index (χ0v) is 21.5. The first-order valence-electron chi connectivity index (χ1n) is 12.1. The van der Waals surface area contributed by atoms with E-state index in [2.05, 4.69) is 121 Å². The summed E-state index contributed by atoms with van der Waals surface area (Å²) in [4.78, 5) is 0. The fourth-order valence-corrected chi connectivity index (χ4v) is 9.59. The Labute approximate surface area is 214 Å². The van der Waals surface area contributed by atoms with Crippen LogP contribution in [0.15, 0.2) is 109 Å². The molecular formula is C34H20Zr. The van der Waals surface area contributed by atoms with Gasteiger partial charge in [-0.25, -0.2) is 0 Å². The van der Waals surface area contributed by atoms with Gasteiger partial charge in [-0.05, 0) is 0 Å². The molecule has 35 heavy (non-hydrogen) atoms. The summed E-state index contributed by atoms with van der Waals surface area (Å²) in [5.74, 6) is 0. The summed E-state index contributed by atoms with van der Waals surface area (Å²) in [6.07, 6.45) is 9.60. The van der Waals surface area contributed by atoms with Crippen molar-refractivity contribution in [3.8, 4) is 0 Å². The quantitative estimate of drug-likeness (QED) is 0.178. The number of rotatable bonds is 0. The summed E-state index contributed by atoms with van der Waals surface area (Å²) >= 11 is -1.07. The van der Waals surface area contributed by atoms with E-state index in [1.54, 1.807) is 6.41 Å². The molecule has 1 heteroatoms. The summed E-state index contributed by atoms with van der Waals surface area (Å²) in [6.45, 7) is 0. The van der Waals surface area contributed by atoms with Crippen molar-refractivity contribution in [1.82, 2.24) is 0 Å². The molecule has 0 amide bonds. The third-order valence-electron chi connectivity index (χ3n) is 7.59. The first kappa shape index (κ1) is 19.7. The van der Waals surface area contributed by atoms with E-state index in [-0.39, 0.29) is 0 Å². The zero-order chi connectivity index (χ0) is 22.9. The van der Waals surface area contributed by atoms with Gasteiger partial charge in [-0.3, -0.25) is 0 Å². The average molecular weight is 520 g/mol. The number of benzene rings is 6. The molecule has 0 N–H and O–H groups in total. The van der Waals surface area contributed by atoms with E-state index in [0.717, 1.165) is 0 Å². The Morgan fingerprint density at radius 2 is 0.629 bits per heavy atom. The van der Waals surface area contributed by atoms with E-state index in [9.17, 15) is 0 Å². The summed E-state index contributed by atoms with van der Waals surface area (Å²) < 4.78 is 3.16. The van der Waals surface area contributed by atoms with Gasteiger partial charge in [-0.2, -0.15) is 0 Å². The molecule has 2 aliphatic rings. The van der Waals surface area contributed by atoms with E-state index in [0.29, 0.717) is 0 Å². The van der Waals surface area contributed by atoms with Gasteiger partial charge in [0.2, 0.25) is 0 Å². The minimum atomic E-state index is -1.07. The standard InChI is InChI=1S/2C17H10.Zr/c2*1-3-8-14-12(6-1)13-7-2-4-9-15(13)17-11-5-10-16(14)17;/h2*1-10H;. The minimum absolute atomic E-state index is 1.07. The Morgan fingerprint density at radius 3 is 1.03 bits per heavy atom. The molecule has 2 aliphatic carbocycles. The molecule has 0 nitrogen and oxygen atoms in total. The fourth-order valence-electron chi connectivity index (χ4n) is 6.12. The second-order valence-electron chi connectivity index (χ2n) is 9.38. The fraction of sp³-hybridized carbons (Fsp3) is 0. The van der Waals surface area contributed by atoms with E-state index in [1.165, 1.54) is 65.3 Å². The summed E-state index contributed by atoms with van der Waals surface area (Å²) in [5, 5.41) is 11.0. The van der Waals surface area contributed by atoms with E-state index >= 15 is 0 Å². The normalized spacial score (nSPS) is 13.8. The molecule has 0 saturated carbocycles. The maximum absolute atomic E-state index is 2.43. The van der Waals surface area contributed by atoms with Crippen LogP contribution in [0.3, 0.4) is 0 Å². The SMILES string of the molecule is C1=Cc2c(c3ccccc3c3ccccc23)[C]1=[Zr]=[C]1C=Cc2c1c1ccccc1c1ccccc21. The van der Waals surface area contributed by atoms with Crippen LogP contribution in [0.2, 0.25) is 0 Å². The van der Waals surface area contributed by atoms with Gasteiger partial charge >= 0.3 is 215 Å². The van der Waals surface area contributed by atoms with E-state index < -0.39 is 22.3 Å². The third kappa shape index (κ3) is 2.77. The third-order valence-corrected chi connectivity index (χ3v) is 11.0. The predicted molar refractivity (Wildman–Crippen MR) is 149 cm³/mol. The van der Waals surface area contributed by atoms with Crippen LogP contribution in [0.25, 0.3) is 55.2 Å². The zero-order valence-electron chi connectivity index (χ0n) is 19.0. The Bertz CT molecular complexity index is 1880. The Hall–Kier alpha value is -3.54. The van der Waals surface area contributed by atoms with Gasteiger partial charge in [0.15, 0.2) is 0 Å². The van der Waals surface area contributed by atoms with Crippen LogP contribution in [0, 0.1) is 0 Å². The Kier molecular flexibility index (Phi) is 4.22. The van der Waals surface area contributed by atoms with Crippen LogP contribution in [0.1, 0.15) is 22.3 Å². The number of hydrogen-bond donors (Lipinski definition) is 0. The number of fused-ring (bicyclic) bond motifs is 12. The van der Waals surface area contributed by atoms with Crippen LogP contribution >= 0.6 is 0 Å². The second kappa shape index (κ2) is 7.48. The molecule has 0 atom stereocenters. The summed E-state index contributed by atoms with van der Waals surface area (Å²) in [7, 11) is 0. The van der Waals surface area contributed by atoms with Crippen molar-refractivity contribution < 1.29 is 22.3 Å². The maximum atomic E-state index is 2.43. The molecule has 0 aromatic heterocycles. The van der Waals surface area contributed by atoms with Gasteiger partial charge in [0.1, 0.15) is 0 Å². The Morgan fingerprint density at radius 1 is 0.314 bits per heavy atom. The van der Waals surface area contributed by atoms with Crippen molar-refractivity contribution in [3.05, 3.63) is 131 Å². The molecule has 0 fully saturated rings. The predicted octanol–water partition coefficient (Wildman–Crippen LogP) is 8.18. The van der Waals surface area contributed by atoms with Gasteiger partial charge in [0.05, 0.1) is 0 Å². The van der Waals surface area contributed by atoms with Crippen molar-refractivity contribution in [2.45, 2.75) is 0 Å². The van der Waals surface area contributed by atoms with Crippen LogP contribution in [-0.4, -0.2) is 6.41 Å². The van der Waals surface area contributed by atoms with Gasteiger partial charge < -0.3 is 0 Å².